The molecule has 0 heterocycles. The van der Waals surface area contributed by atoms with Crippen molar-refractivity contribution in [2.75, 3.05) is 19.7 Å². The highest BCUT2D eigenvalue weighted by atomic mass is 79.9. The van der Waals surface area contributed by atoms with E-state index in [1.807, 2.05) is 0 Å². The molecule has 1 rings (SSSR count). The molecule has 7 nitrogen and oxygen atoms in total. The van der Waals surface area contributed by atoms with Gasteiger partial charge in [-0.1, -0.05) is 27.5 Å². The first-order chi connectivity index (χ1) is 9.79. The van der Waals surface area contributed by atoms with E-state index in [4.69, 9.17) is 27.2 Å². The van der Waals surface area contributed by atoms with Gasteiger partial charge in [0.05, 0.1) is 5.02 Å². The van der Waals surface area contributed by atoms with Gasteiger partial charge in [0.1, 0.15) is 18.8 Å². The molecule has 114 valence electrons. The monoisotopic (exact) mass is 378 g/mol. The van der Waals surface area contributed by atoms with Crippen molar-refractivity contribution < 1.29 is 24.2 Å². The lowest BCUT2D eigenvalue weighted by Crippen LogP contribution is -2.43. The molecule has 3 N–H and O–H groups in total. The lowest BCUT2D eigenvalue weighted by atomic mass is 10.3. The number of ether oxygens (including phenoxy) is 1. The number of carboxylic acids is 1. The summed E-state index contributed by atoms with van der Waals surface area (Å²) in [6, 6.07) is 4.80. The van der Waals surface area contributed by atoms with Crippen LogP contribution in [0.2, 0.25) is 5.02 Å². The molecule has 0 saturated heterocycles. The second-order valence-electron chi connectivity index (χ2n) is 3.97. The molecule has 0 aliphatic rings. The Kier molecular flexibility index (Phi) is 6.44. The van der Waals surface area contributed by atoms with Crippen LogP contribution in [-0.4, -0.2) is 47.5 Å². The van der Waals surface area contributed by atoms with Gasteiger partial charge in [0.2, 0.25) is 5.91 Å². The maximum absolute atomic E-state index is 11.8. The molecular formula is C12H12BrClN2O5. The Morgan fingerprint density at radius 2 is 2.00 bits per heavy atom. The van der Waals surface area contributed by atoms with Gasteiger partial charge in [0.25, 0.3) is 5.91 Å². The quantitative estimate of drug-likeness (QED) is 0.731. The van der Waals surface area contributed by atoms with Crippen LogP contribution in [-0.2, 0) is 14.4 Å². The average Bonchev–Trinajstić information content (AvgIpc) is 2.35. The van der Waals surface area contributed by atoms with Gasteiger partial charge in [-0.05, 0) is 18.2 Å². The van der Waals surface area contributed by atoms with Crippen molar-refractivity contribution >= 4 is 45.3 Å². The van der Waals surface area contributed by atoms with Crippen molar-refractivity contribution in [3.8, 4) is 5.75 Å². The van der Waals surface area contributed by atoms with Crippen LogP contribution in [0, 0.1) is 0 Å². The van der Waals surface area contributed by atoms with Gasteiger partial charge in [0, 0.05) is 4.47 Å². The molecule has 0 fully saturated rings. The van der Waals surface area contributed by atoms with Crippen LogP contribution in [0.15, 0.2) is 22.7 Å². The zero-order chi connectivity index (χ0) is 16.0. The van der Waals surface area contributed by atoms with E-state index in [0.29, 0.717) is 0 Å². The lowest BCUT2D eigenvalue weighted by Gasteiger charge is -2.19. The maximum atomic E-state index is 11.8. The summed E-state index contributed by atoms with van der Waals surface area (Å²) in [5.74, 6) is -2.49. The average molecular weight is 380 g/mol. The van der Waals surface area contributed by atoms with E-state index in [-0.39, 0.29) is 10.8 Å². The molecule has 0 aliphatic carbocycles. The molecule has 1 aromatic rings. The fourth-order valence-corrected chi connectivity index (χ4v) is 2.13. The topological polar surface area (TPSA) is 110 Å². The summed E-state index contributed by atoms with van der Waals surface area (Å²) in [5.41, 5.74) is 4.96. The summed E-state index contributed by atoms with van der Waals surface area (Å²) in [5, 5.41) is 8.98. The molecule has 0 spiro atoms. The van der Waals surface area contributed by atoms with Crippen LogP contribution in [0.5, 0.6) is 5.75 Å². The van der Waals surface area contributed by atoms with E-state index in [1.165, 1.54) is 0 Å². The summed E-state index contributed by atoms with van der Waals surface area (Å²) in [4.78, 5) is 34.1. The van der Waals surface area contributed by atoms with Gasteiger partial charge >= 0.3 is 5.97 Å². The number of carboxylic acid groups (broad SMARTS) is 1. The number of nitrogens with two attached hydrogens (primary N) is 1. The second-order valence-corrected chi connectivity index (χ2v) is 5.30. The summed E-state index contributed by atoms with van der Waals surface area (Å²) >= 11 is 9.14. The normalized spacial score (nSPS) is 10.0. The van der Waals surface area contributed by atoms with E-state index in [9.17, 15) is 14.4 Å². The number of carbonyl (C=O) groups is 3. The minimum Gasteiger partial charge on any atom is -0.482 e. The number of rotatable bonds is 7. The predicted octanol–water partition coefficient (Wildman–Crippen LogP) is 0.880. The molecule has 0 aromatic heterocycles. The van der Waals surface area contributed by atoms with Crippen molar-refractivity contribution in [2.24, 2.45) is 5.73 Å². The standard InChI is InChI=1S/C12H12BrClN2O5/c13-7-1-2-9(8(14)3-7)21-6-11(18)16(4-10(15)17)5-12(19)20/h1-3H,4-6H2,(H2,15,17)(H,19,20). The maximum Gasteiger partial charge on any atom is 0.323 e. The molecule has 1 aromatic carbocycles. The van der Waals surface area contributed by atoms with Crippen LogP contribution >= 0.6 is 27.5 Å². The molecule has 21 heavy (non-hydrogen) atoms. The summed E-state index contributed by atoms with van der Waals surface area (Å²) < 4.78 is 5.95. The highest BCUT2D eigenvalue weighted by Gasteiger charge is 2.19. The SMILES string of the molecule is NC(=O)CN(CC(=O)O)C(=O)COc1ccc(Br)cc1Cl. The first-order valence-corrected chi connectivity index (χ1v) is 6.82. The largest absolute Gasteiger partial charge is 0.482 e. The fraction of sp³-hybridized carbons (Fsp3) is 0.250. The molecule has 0 saturated carbocycles. The molecule has 0 aliphatic heterocycles. The van der Waals surface area contributed by atoms with Crippen molar-refractivity contribution in [1.29, 1.82) is 0 Å². The molecule has 0 atom stereocenters. The molecule has 0 radical (unpaired) electrons. The number of benzene rings is 1. The van der Waals surface area contributed by atoms with Crippen LogP contribution in [0.4, 0.5) is 0 Å². The molecule has 2 amide bonds. The Morgan fingerprint density at radius 3 is 2.52 bits per heavy atom. The summed E-state index contributed by atoms with van der Waals surface area (Å²) in [6.45, 7) is -1.59. The van der Waals surface area contributed by atoms with Crippen LogP contribution in [0.1, 0.15) is 0 Å². The third-order valence-electron chi connectivity index (χ3n) is 2.27. The predicted molar refractivity (Wildman–Crippen MR) is 78.1 cm³/mol. The van der Waals surface area contributed by atoms with Gasteiger partial charge < -0.3 is 20.5 Å². The number of nitrogens with zero attached hydrogens (tertiary/aromatic N) is 1. The highest BCUT2D eigenvalue weighted by Crippen LogP contribution is 2.27. The Morgan fingerprint density at radius 1 is 1.33 bits per heavy atom. The summed E-state index contributed by atoms with van der Waals surface area (Å²) in [6.07, 6.45) is 0. The number of aliphatic carboxylic acids is 1. The molecular weight excluding hydrogens is 367 g/mol. The minimum absolute atomic E-state index is 0.266. The van der Waals surface area contributed by atoms with E-state index >= 15 is 0 Å². The summed E-state index contributed by atoms with van der Waals surface area (Å²) in [7, 11) is 0. The van der Waals surface area contributed by atoms with E-state index < -0.39 is 37.5 Å². The smallest absolute Gasteiger partial charge is 0.323 e. The second kappa shape index (κ2) is 7.84. The van der Waals surface area contributed by atoms with E-state index in [1.54, 1.807) is 18.2 Å². The highest BCUT2D eigenvalue weighted by molar-refractivity contribution is 9.10. The minimum atomic E-state index is -1.26. The zero-order valence-electron chi connectivity index (χ0n) is 10.7. The third-order valence-corrected chi connectivity index (χ3v) is 3.06. The van der Waals surface area contributed by atoms with Crippen molar-refractivity contribution in [3.05, 3.63) is 27.7 Å². The van der Waals surface area contributed by atoms with Gasteiger partial charge in [0.15, 0.2) is 6.61 Å². The van der Waals surface area contributed by atoms with E-state index in [2.05, 4.69) is 15.9 Å². The number of primary amides is 1. The number of hydrogen-bond acceptors (Lipinski definition) is 4. The molecule has 9 heteroatoms. The lowest BCUT2D eigenvalue weighted by molar-refractivity contribution is -0.146. The van der Waals surface area contributed by atoms with E-state index in [0.717, 1.165) is 9.37 Å². The fourth-order valence-electron chi connectivity index (χ4n) is 1.41. The van der Waals surface area contributed by atoms with Gasteiger partial charge in [-0.15, -0.1) is 0 Å². The Labute approximate surface area is 133 Å². The number of halogens is 2. The van der Waals surface area contributed by atoms with Crippen LogP contribution in [0.3, 0.4) is 0 Å². The Hall–Kier alpha value is -1.80. The number of amides is 2. The Balaban J connectivity index is 2.68. The van der Waals surface area contributed by atoms with Crippen LogP contribution < -0.4 is 10.5 Å². The zero-order valence-corrected chi connectivity index (χ0v) is 13.1. The van der Waals surface area contributed by atoms with Gasteiger partial charge in [-0.2, -0.15) is 0 Å². The first kappa shape index (κ1) is 17.3. The Bertz CT molecular complexity index is 551. The number of hydrogen-bond donors (Lipinski definition) is 2. The van der Waals surface area contributed by atoms with Gasteiger partial charge in [-0.3, -0.25) is 14.4 Å². The van der Waals surface area contributed by atoms with Crippen molar-refractivity contribution in [2.45, 2.75) is 0 Å². The van der Waals surface area contributed by atoms with Crippen LogP contribution in [0.25, 0.3) is 0 Å². The number of carbonyl (C=O) groups excluding carboxylic acids is 2. The van der Waals surface area contributed by atoms with Crippen molar-refractivity contribution in [1.82, 2.24) is 4.90 Å². The molecule has 0 unspecified atom stereocenters. The third kappa shape index (κ3) is 6.01. The van der Waals surface area contributed by atoms with Crippen molar-refractivity contribution in [3.63, 3.8) is 0 Å². The van der Waals surface area contributed by atoms with Gasteiger partial charge in [-0.25, -0.2) is 0 Å². The first-order valence-electron chi connectivity index (χ1n) is 5.65. The molecule has 0 bridgehead atoms.